The first-order chi connectivity index (χ1) is 12.0. The van der Waals surface area contributed by atoms with Gasteiger partial charge in [0.05, 0.1) is 12.5 Å². The van der Waals surface area contributed by atoms with Crippen molar-refractivity contribution in [2.75, 3.05) is 6.61 Å². The molecule has 3 N–H and O–H groups in total. The highest BCUT2D eigenvalue weighted by atomic mass is 16.5. The van der Waals surface area contributed by atoms with E-state index >= 15 is 0 Å². The van der Waals surface area contributed by atoms with E-state index in [0.29, 0.717) is 0 Å². The summed E-state index contributed by atoms with van der Waals surface area (Å²) in [6.45, 7) is -0.00160. The van der Waals surface area contributed by atoms with Crippen LogP contribution in [0, 0.1) is 0 Å². The molecule has 1 aliphatic rings. The molecule has 0 heterocycles. The third-order valence-corrected chi connectivity index (χ3v) is 4.28. The summed E-state index contributed by atoms with van der Waals surface area (Å²) in [6, 6.07) is 14.2. The Kier molecular flexibility index (Phi) is 4.63. The van der Waals surface area contributed by atoms with Crippen molar-refractivity contribution in [3.05, 3.63) is 59.7 Å². The molecule has 0 fully saturated rings. The lowest BCUT2D eigenvalue weighted by Gasteiger charge is -2.14. The Hall–Kier alpha value is -2.99. The number of hydrogen-bond acceptors (Lipinski definition) is 5. The lowest BCUT2D eigenvalue weighted by atomic mass is 9.98. The summed E-state index contributed by atoms with van der Waals surface area (Å²) >= 11 is 0. The number of carboxylic acids is 1. The Bertz CT molecular complexity index is 800. The van der Waals surface area contributed by atoms with E-state index in [0.717, 1.165) is 22.3 Å². The predicted octanol–water partition coefficient (Wildman–Crippen LogP) is 1.71. The first kappa shape index (κ1) is 16.9. The molecule has 128 valence electrons. The van der Waals surface area contributed by atoms with Crippen molar-refractivity contribution in [3.8, 4) is 11.1 Å². The molecule has 0 saturated carbocycles. The number of hydrogen-bond donors (Lipinski definition) is 2. The average molecular weight is 339 g/mol. The van der Waals surface area contributed by atoms with E-state index in [2.05, 4.69) is 0 Å². The van der Waals surface area contributed by atoms with Crippen LogP contribution in [0.5, 0.6) is 0 Å². The minimum atomic E-state index is -1.40. The van der Waals surface area contributed by atoms with Crippen molar-refractivity contribution in [3.63, 3.8) is 0 Å². The van der Waals surface area contributed by atoms with Gasteiger partial charge in [0.1, 0.15) is 6.61 Å². The molecule has 1 atom stereocenters. The molecule has 0 saturated heterocycles. The van der Waals surface area contributed by atoms with Crippen molar-refractivity contribution in [2.45, 2.75) is 18.4 Å². The van der Waals surface area contributed by atoms with Crippen LogP contribution < -0.4 is 5.73 Å². The fourth-order valence-corrected chi connectivity index (χ4v) is 3.10. The van der Waals surface area contributed by atoms with Gasteiger partial charge >= 0.3 is 11.9 Å². The summed E-state index contributed by atoms with van der Waals surface area (Å²) in [6.07, 6.45) is -0.608. The molecule has 6 nitrogen and oxygen atoms in total. The van der Waals surface area contributed by atoms with E-state index in [9.17, 15) is 14.4 Å². The van der Waals surface area contributed by atoms with Crippen molar-refractivity contribution >= 4 is 17.7 Å². The highest BCUT2D eigenvalue weighted by Gasteiger charge is 2.31. The number of carbonyl (C=O) groups is 3. The minimum absolute atomic E-state index is 0.00160. The molecule has 0 bridgehead atoms. The maximum Gasteiger partial charge on any atom is 0.376 e. The molecule has 2 aromatic carbocycles. The topological polar surface area (TPSA) is 107 Å². The number of fused-ring (bicyclic) bond motifs is 3. The van der Waals surface area contributed by atoms with Crippen molar-refractivity contribution < 1.29 is 24.2 Å². The molecule has 6 heteroatoms. The molecule has 0 unspecified atom stereocenters. The van der Waals surface area contributed by atoms with Gasteiger partial charge in [-0.25, -0.2) is 4.79 Å². The highest BCUT2D eigenvalue weighted by Crippen LogP contribution is 2.44. The number of esters is 1. The van der Waals surface area contributed by atoms with Crippen LogP contribution in [0.2, 0.25) is 0 Å². The SMILES string of the molecule is N[C@@H](CC(=O)O)C(=O)C(=O)OCC1c2ccccc2-c2ccccc21. The van der Waals surface area contributed by atoms with Crippen LogP contribution in [-0.2, 0) is 19.1 Å². The maximum atomic E-state index is 11.9. The normalized spacial score (nSPS) is 13.6. The third-order valence-electron chi connectivity index (χ3n) is 4.28. The Labute approximate surface area is 144 Å². The lowest BCUT2D eigenvalue weighted by Crippen LogP contribution is -2.39. The summed E-state index contributed by atoms with van der Waals surface area (Å²) in [5, 5.41) is 8.65. The van der Waals surface area contributed by atoms with Gasteiger partial charge < -0.3 is 15.6 Å². The first-order valence-corrected chi connectivity index (χ1v) is 7.85. The van der Waals surface area contributed by atoms with E-state index in [-0.39, 0.29) is 12.5 Å². The Morgan fingerprint density at radius 2 is 1.52 bits per heavy atom. The van der Waals surface area contributed by atoms with Gasteiger partial charge in [-0.1, -0.05) is 48.5 Å². The number of aliphatic carboxylic acids is 1. The van der Waals surface area contributed by atoms with E-state index in [1.807, 2.05) is 48.5 Å². The number of ketones is 1. The summed E-state index contributed by atoms with van der Waals surface area (Å²) in [5.41, 5.74) is 9.63. The molecule has 0 aliphatic heterocycles. The maximum absolute atomic E-state index is 11.9. The number of ether oxygens (including phenoxy) is 1. The third kappa shape index (κ3) is 3.29. The Morgan fingerprint density at radius 1 is 1.00 bits per heavy atom. The van der Waals surface area contributed by atoms with Gasteiger partial charge in [0.2, 0.25) is 0 Å². The summed E-state index contributed by atoms with van der Waals surface area (Å²) in [5.74, 6) is -3.54. The van der Waals surface area contributed by atoms with Crippen LogP contribution in [0.15, 0.2) is 48.5 Å². The number of benzene rings is 2. The average Bonchev–Trinajstić information content (AvgIpc) is 2.92. The molecule has 1 aliphatic carbocycles. The number of Topliss-reactive ketones (excluding diaryl/α,β-unsaturated/α-hetero) is 1. The zero-order chi connectivity index (χ0) is 18.0. The van der Waals surface area contributed by atoms with Crippen molar-refractivity contribution in [2.24, 2.45) is 5.73 Å². The second-order valence-electron chi connectivity index (χ2n) is 5.89. The van der Waals surface area contributed by atoms with Gasteiger partial charge in [-0.3, -0.25) is 9.59 Å². The first-order valence-electron chi connectivity index (χ1n) is 7.85. The quantitative estimate of drug-likeness (QED) is 0.613. The second-order valence-corrected chi connectivity index (χ2v) is 5.89. The highest BCUT2D eigenvalue weighted by molar-refractivity contribution is 6.36. The molecule has 0 radical (unpaired) electrons. The zero-order valence-electron chi connectivity index (χ0n) is 13.3. The molecule has 0 aromatic heterocycles. The van der Waals surface area contributed by atoms with Crippen LogP contribution in [0.25, 0.3) is 11.1 Å². The second kappa shape index (κ2) is 6.86. The summed E-state index contributed by atoms with van der Waals surface area (Å²) in [7, 11) is 0. The van der Waals surface area contributed by atoms with Gasteiger partial charge in [0.15, 0.2) is 0 Å². The van der Waals surface area contributed by atoms with Crippen LogP contribution in [-0.4, -0.2) is 35.5 Å². The number of rotatable bonds is 6. The fourth-order valence-electron chi connectivity index (χ4n) is 3.10. The Balaban J connectivity index is 1.74. The smallest absolute Gasteiger partial charge is 0.376 e. The summed E-state index contributed by atoms with van der Waals surface area (Å²) < 4.78 is 5.14. The van der Waals surface area contributed by atoms with Gasteiger partial charge in [-0.05, 0) is 22.3 Å². The number of carbonyl (C=O) groups excluding carboxylic acids is 2. The van der Waals surface area contributed by atoms with Crippen LogP contribution in [0.3, 0.4) is 0 Å². The molecule has 0 spiro atoms. The van der Waals surface area contributed by atoms with Crippen molar-refractivity contribution in [1.82, 2.24) is 0 Å². The standard InChI is InChI=1S/C19H17NO5/c20-16(9-17(21)22)18(23)19(24)25-10-15-13-7-3-1-5-11(13)12-6-2-4-8-14(12)15/h1-8,15-16H,9-10,20H2,(H,21,22)/t16-/m0/s1. The van der Waals surface area contributed by atoms with Gasteiger partial charge in [-0.2, -0.15) is 0 Å². The molecular formula is C19H17NO5. The minimum Gasteiger partial charge on any atom is -0.481 e. The van der Waals surface area contributed by atoms with E-state index in [1.165, 1.54) is 0 Å². The number of nitrogens with two attached hydrogens (primary N) is 1. The van der Waals surface area contributed by atoms with Gasteiger partial charge in [0, 0.05) is 5.92 Å². The van der Waals surface area contributed by atoms with Crippen molar-refractivity contribution in [1.29, 1.82) is 0 Å². The fraction of sp³-hybridized carbons (Fsp3) is 0.211. The van der Waals surface area contributed by atoms with Crippen LogP contribution in [0.4, 0.5) is 0 Å². The van der Waals surface area contributed by atoms with E-state index < -0.39 is 30.2 Å². The Morgan fingerprint density at radius 3 is 2.04 bits per heavy atom. The van der Waals surface area contributed by atoms with E-state index in [1.54, 1.807) is 0 Å². The molecule has 3 rings (SSSR count). The zero-order valence-corrected chi connectivity index (χ0v) is 13.3. The van der Waals surface area contributed by atoms with Gasteiger partial charge in [-0.15, -0.1) is 0 Å². The number of carboxylic acid groups (broad SMARTS) is 1. The molecule has 2 aromatic rings. The lowest BCUT2D eigenvalue weighted by molar-refractivity contribution is -0.155. The monoisotopic (exact) mass is 339 g/mol. The molecular weight excluding hydrogens is 322 g/mol. The molecule has 0 amide bonds. The van der Waals surface area contributed by atoms with Crippen LogP contribution in [0.1, 0.15) is 23.5 Å². The summed E-state index contributed by atoms with van der Waals surface area (Å²) in [4.78, 5) is 34.3. The predicted molar refractivity (Wildman–Crippen MR) is 89.9 cm³/mol. The van der Waals surface area contributed by atoms with E-state index in [4.69, 9.17) is 15.6 Å². The van der Waals surface area contributed by atoms with Crippen LogP contribution >= 0.6 is 0 Å². The molecule has 25 heavy (non-hydrogen) atoms. The van der Waals surface area contributed by atoms with Gasteiger partial charge in [0.25, 0.3) is 5.78 Å². The largest absolute Gasteiger partial charge is 0.481 e.